The maximum absolute atomic E-state index is 6.06. The molecule has 4 aromatic rings. The molecular weight excluding hydrogens is 350 g/mol. The van der Waals surface area contributed by atoms with Gasteiger partial charge in [-0.1, -0.05) is 18.2 Å². The van der Waals surface area contributed by atoms with E-state index < -0.39 is 0 Å². The molecule has 0 aliphatic carbocycles. The van der Waals surface area contributed by atoms with E-state index in [4.69, 9.17) is 4.42 Å². The summed E-state index contributed by atoms with van der Waals surface area (Å²) in [6.45, 7) is 3.56. The molecule has 1 saturated heterocycles. The largest absolute Gasteiger partial charge is 0.450 e. The molecule has 1 aromatic carbocycles. The van der Waals surface area contributed by atoms with Crippen molar-refractivity contribution in [2.75, 3.05) is 36.0 Å². The van der Waals surface area contributed by atoms with Gasteiger partial charge >= 0.3 is 0 Å². The number of halogens is 1. The van der Waals surface area contributed by atoms with Crippen LogP contribution in [0.25, 0.3) is 22.1 Å². The van der Waals surface area contributed by atoms with Crippen LogP contribution in [-0.2, 0) is 0 Å². The van der Waals surface area contributed by atoms with Gasteiger partial charge in [0.05, 0.1) is 0 Å². The first-order valence-electron chi connectivity index (χ1n) is 8.43. The van der Waals surface area contributed by atoms with Gasteiger partial charge in [0.2, 0.25) is 0 Å². The Morgan fingerprint density at radius 1 is 0.808 bits per heavy atom. The standard InChI is InChI=1S/C19H17N5O.ClH/c1-2-6-15-14(5-1)17-18(25-15)19(22-13-21-17)24-11-9-23(10-12-24)16-7-3-4-8-20-16;/h1-8,13H,9-12H2;1H. The molecular formula is C19H18ClN5O. The van der Waals surface area contributed by atoms with Crippen molar-refractivity contribution >= 4 is 46.1 Å². The number of hydrogen-bond donors (Lipinski definition) is 0. The van der Waals surface area contributed by atoms with Crippen LogP contribution in [0.3, 0.4) is 0 Å². The molecule has 0 atom stereocenters. The molecule has 0 bridgehead atoms. The molecule has 4 heterocycles. The van der Waals surface area contributed by atoms with Crippen LogP contribution in [0.4, 0.5) is 11.6 Å². The number of piperazine rings is 1. The highest BCUT2D eigenvalue weighted by atomic mass is 35.5. The van der Waals surface area contributed by atoms with E-state index in [0.29, 0.717) is 0 Å². The van der Waals surface area contributed by atoms with Crippen molar-refractivity contribution in [3.63, 3.8) is 0 Å². The van der Waals surface area contributed by atoms with Gasteiger partial charge in [-0.2, -0.15) is 0 Å². The minimum absolute atomic E-state index is 0. The van der Waals surface area contributed by atoms with Crippen molar-refractivity contribution in [3.05, 3.63) is 55.0 Å². The van der Waals surface area contributed by atoms with Gasteiger partial charge in [0.1, 0.15) is 23.2 Å². The molecule has 6 nitrogen and oxygen atoms in total. The number of hydrogen-bond acceptors (Lipinski definition) is 6. The number of benzene rings is 1. The molecule has 0 N–H and O–H groups in total. The van der Waals surface area contributed by atoms with Gasteiger partial charge in [-0.05, 0) is 24.3 Å². The maximum Gasteiger partial charge on any atom is 0.196 e. The second-order valence-corrected chi connectivity index (χ2v) is 6.14. The minimum Gasteiger partial charge on any atom is -0.450 e. The van der Waals surface area contributed by atoms with Gasteiger partial charge in [-0.15, -0.1) is 12.4 Å². The summed E-state index contributed by atoms with van der Waals surface area (Å²) in [6.07, 6.45) is 3.47. The number of pyridine rings is 1. The summed E-state index contributed by atoms with van der Waals surface area (Å²) in [6, 6.07) is 14.0. The summed E-state index contributed by atoms with van der Waals surface area (Å²) < 4.78 is 6.06. The van der Waals surface area contributed by atoms with Gasteiger partial charge < -0.3 is 14.2 Å². The highest BCUT2D eigenvalue weighted by Gasteiger charge is 2.23. The zero-order valence-electron chi connectivity index (χ0n) is 14.1. The Bertz CT molecular complexity index is 1030. The van der Waals surface area contributed by atoms with Crippen LogP contribution in [0.15, 0.2) is 59.4 Å². The van der Waals surface area contributed by atoms with Gasteiger partial charge in [0, 0.05) is 37.8 Å². The molecule has 0 radical (unpaired) electrons. The van der Waals surface area contributed by atoms with Crippen molar-refractivity contribution < 1.29 is 4.42 Å². The lowest BCUT2D eigenvalue weighted by Crippen LogP contribution is -2.47. The van der Waals surface area contributed by atoms with Crippen molar-refractivity contribution in [3.8, 4) is 0 Å². The smallest absolute Gasteiger partial charge is 0.196 e. The number of furan rings is 1. The van der Waals surface area contributed by atoms with Crippen LogP contribution in [-0.4, -0.2) is 41.1 Å². The third-order valence-corrected chi connectivity index (χ3v) is 4.69. The van der Waals surface area contributed by atoms with E-state index >= 15 is 0 Å². The zero-order valence-corrected chi connectivity index (χ0v) is 14.9. The molecule has 1 aliphatic rings. The second-order valence-electron chi connectivity index (χ2n) is 6.14. The fourth-order valence-electron chi connectivity index (χ4n) is 3.42. The quantitative estimate of drug-likeness (QED) is 0.540. The van der Waals surface area contributed by atoms with Crippen molar-refractivity contribution in [2.45, 2.75) is 0 Å². The molecule has 7 heteroatoms. The molecule has 1 aliphatic heterocycles. The Balaban J connectivity index is 0.00000168. The summed E-state index contributed by atoms with van der Waals surface area (Å²) in [7, 11) is 0. The Hall–Kier alpha value is -2.86. The Labute approximate surface area is 156 Å². The van der Waals surface area contributed by atoms with Crippen LogP contribution in [0, 0.1) is 0 Å². The lowest BCUT2D eigenvalue weighted by Gasteiger charge is -2.35. The molecule has 0 unspecified atom stereocenters. The third kappa shape index (κ3) is 2.72. The average Bonchev–Trinajstić information content (AvgIpc) is 3.08. The van der Waals surface area contributed by atoms with Crippen LogP contribution in [0.1, 0.15) is 0 Å². The number of rotatable bonds is 2. The van der Waals surface area contributed by atoms with Crippen LogP contribution in [0.2, 0.25) is 0 Å². The normalized spacial score (nSPS) is 14.6. The average molecular weight is 368 g/mol. The lowest BCUT2D eigenvalue weighted by molar-refractivity contribution is 0.626. The number of aromatic nitrogens is 3. The summed E-state index contributed by atoms with van der Waals surface area (Å²) in [5.41, 5.74) is 2.51. The fraction of sp³-hybridized carbons (Fsp3) is 0.211. The molecule has 26 heavy (non-hydrogen) atoms. The van der Waals surface area contributed by atoms with E-state index in [-0.39, 0.29) is 12.4 Å². The molecule has 132 valence electrons. The molecule has 3 aromatic heterocycles. The predicted molar refractivity (Wildman–Crippen MR) is 105 cm³/mol. The maximum atomic E-state index is 6.06. The van der Waals surface area contributed by atoms with Gasteiger partial charge in [-0.3, -0.25) is 0 Å². The van der Waals surface area contributed by atoms with Crippen LogP contribution in [0.5, 0.6) is 0 Å². The fourth-order valence-corrected chi connectivity index (χ4v) is 3.42. The monoisotopic (exact) mass is 367 g/mol. The van der Waals surface area contributed by atoms with Gasteiger partial charge in [0.25, 0.3) is 0 Å². The molecule has 0 spiro atoms. The van der Waals surface area contributed by atoms with Crippen LogP contribution < -0.4 is 9.80 Å². The summed E-state index contributed by atoms with van der Waals surface area (Å²) in [5.74, 6) is 1.90. The Morgan fingerprint density at radius 2 is 1.58 bits per heavy atom. The highest BCUT2D eigenvalue weighted by Crippen LogP contribution is 2.32. The molecule has 0 saturated carbocycles. The zero-order chi connectivity index (χ0) is 16.6. The van der Waals surface area contributed by atoms with Crippen molar-refractivity contribution in [2.24, 2.45) is 0 Å². The first-order chi connectivity index (χ1) is 12.4. The first-order valence-corrected chi connectivity index (χ1v) is 8.43. The predicted octanol–water partition coefficient (Wildman–Crippen LogP) is 3.52. The molecule has 0 amide bonds. The topological polar surface area (TPSA) is 58.3 Å². The first kappa shape index (κ1) is 16.6. The van der Waals surface area contributed by atoms with E-state index in [1.54, 1.807) is 6.33 Å². The number of fused-ring (bicyclic) bond motifs is 3. The van der Waals surface area contributed by atoms with E-state index in [9.17, 15) is 0 Å². The second kappa shape index (κ2) is 6.80. The SMILES string of the molecule is Cl.c1ccc(N2CCN(c3ncnc4c3oc3ccccc34)CC2)nc1. The van der Waals surface area contributed by atoms with Gasteiger partial charge in [0.15, 0.2) is 11.4 Å². The summed E-state index contributed by atoms with van der Waals surface area (Å²) in [4.78, 5) is 18.0. The summed E-state index contributed by atoms with van der Waals surface area (Å²) >= 11 is 0. The lowest BCUT2D eigenvalue weighted by atomic mass is 10.2. The van der Waals surface area contributed by atoms with Crippen molar-refractivity contribution in [1.29, 1.82) is 0 Å². The Kier molecular flexibility index (Phi) is 4.34. The van der Waals surface area contributed by atoms with E-state index in [1.165, 1.54) is 0 Å². The van der Waals surface area contributed by atoms with E-state index in [1.807, 2.05) is 42.6 Å². The number of para-hydroxylation sites is 1. The van der Waals surface area contributed by atoms with E-state index in [0.717, 1.165) is 59.9 Å². The molecule has 1 fully saturated rings. The van der Waals surface area contributed by atoms with Crippen molar-refractivity contribution in [1.82, 2.24) is 15.0 Å². The summed E-state index contributed by atoms with van der Waals surface area (Å²) in [5, 5.41) is 1.04. The highest BCUT2D eigenvalue weighted by molar-refractivity contribution is 6.05. The van der Waals surface area contributed by atoms with E-state index in [2.05, 4.69) is 30.8 Å². The van der Waals surface area contributed by atoms with Crippen LogP contribution >= 0.6 is 12.4 Å². The number of anilines is 2. The molecule has 5 rings (SSSR count). The minimum atomic E-state index is 0. The van der Waals surface area contributed by atoms with Gasteiger partial charge in [-0.25, -0.2) is 15.0 Å². The third-order valence-electron chi connectivity index (χ3n) is 4.69. The Morgan fingerprint density at radius 3 is 2.38 bits per heavy atom. The number of nitrogens with zero attached hydrogens (tertiary/aromatic N) is 5.